The van der Waals surface area contributed by atoms with Gasteiger partial charge >= 0.3 is 13.1 Å². The first-order chi connectivity index (χ1) is 10.6. The zero-order valence-electron chi connectivity index (χ0n) is 11.8. The third-order valence-corrected chi connectivity index (χ3v) is 3.54. The Labute approximate surface area is 126 Å². The van der Waals surface area contributed by atoms with E-state index in [0.717, 1.165) is 5.56 Å². The first kappa shape index (κ1) is 14.5. The molecule has 1 aliphatic heterocycles. The van der Waals surface area contributed by atoms with Crippen LogP contribution in [0.15, 0.2) is 18.3 Å². The highest BCUT2D eigenvalue weighted by Crippen LogP contribution is 2.36. The van der Waals surface area contributed by atoms with Gasteiger partial charge in [0, 0.05) is 12.1 Å². The number of benzene rings is 1. The number of nitrogens with zero attached hydrogens (tertiary/aromatic N) is 3. The summed E-state index contributed by atoms with van der Waals surface area (Å²) < 4.78 is 6.89. The number of aromatic nitrogens is 3. The van der Waals surface area contributed by atoms with Crippen LogP contribution in [0.2, 0.25) is 6.32 Å². The van der Waals surface area contributed by atoms with Crippen LogP contribution in [0.4, 0.5) is 0 Å². The molecule has 0 unspecified atom stereocenters. The Morgan fingerprint density at radius 1 is 1.50 bits per heavy atom. The van der Waals surface area contributed by atoms with Gasteiger partial charge in [-0.25, -0.2) is 4.79 Å². The van der Waals surface area contributed by atoms with Gasteiger partial charge < -0.3 is 20.5 Å². The largest absolute Gasteiger partial charge is 0.535 e. The number of aryl methyl sites for hydroxylation is 1. The molecule has 0 amide bonds. The molecule has 2 heterocycles. The number of hydrogen-bond acceptors (Lipinski definition) is 6. The highest BCUT2D eigenvalue weighted by molar-refractivity contribution is 6.44. The van der Waals surface area contributed by atoms with E-state index >= 15 is 0 Å². The van der Waals surface area contributed by atoms with Crippen LogP contribution in [0.3, 0.4) is 0 Å². The van der Waals surface area contributed by atoms with E-state index in [9.17, 15) is 14.9 Å². The lowest BCUT2D eigenvalue weighted by atomic mass is 9.78. The first-order valence-electron chi connectivity index (χ1n) is 6.94. The molecular weight excluding hydrogens is 287 g/mol. The standard InChI is InChI=1S/C13H15BN4O4/c15-5-6-18-7-10(16-17-18)9-2-1-8-3-4-14(21)22-12(8)11(9)13(19)20/h1-2,7,21H,3-6,15H2,(H,19,20). The maximum atomic E-state index is 11.7. The van der Waals surface area contributed by atoms with Gasteiger partial charge in [0.25, 0.3) is 0 Å². The van der Waals surface area contributed by atoms with Gasteiger partial charge in [0.2, 0.25) is 0 Å². The van der Waals surface area contributed by atoms with E-state index in [1.54, 1.807) is 23.0 Å². The van der Waals surface area contributed by atoms with Crippen molar-refractivity contribution in [3.05, 3.63) is 29.5 Å². The maximum absolute atomic E-state index is 11.7. The molecule has 3 rings (SSSR count). The molecule has 22 heavy (non-hydrogen) atoms. The quantitative estimate of drug-likeness (QED) is 0.680. The Morgan fingerprint density at radius 2 is 2.32 bits per heavy atom. The van der Waals surface area contributed by atoms with E-state index in [-0.39, 0.29) is 11.3 Å². The summed E-state index contributed by atoms with van der Waals surface area (Å²) in [6.07, 6.45) is 2.65. The normalized spacial score (nSPS) is 13.6. The summed E-state index contributed by atoms with van der Waals surface area (Å²) in [4.78, 5) is 11.7. The van der Waals surface area contributed by atoms with Gasteiger partial charge in [0.05, 0.1) is 12.7 Å². The zero-order valence-corrected chi connectivity index (χ0v) is 11.8. The van der Waals surface area contributed by atoms with E-state index in [0.29, 0.717) is 37.1 Å². The van der Waals surface area contributed by atoms with E-state index in [1.807, 2.05) is 0 Å². The fourth-order valence-electron chi connectivity index (χ4n) is 2.52. The number of carbonyl (C=O) groups is 1. The predicted molar refractivity (Wildman–Crippen MR) is 78.6 cm³/mol. The fourth-order valence-corrected chi connectivity index (χ4v) is 2.52. The third-order valence-electron chi connectivity index (χ3n) is 3.54. The molecule has 0 saturated carbocycles. The Morgan fingerprint density at radius 3 is 3.05 bits per heavy atom. The average molecular weight is 302 g/mol. The second-order valence-electron chi connectivity index (χ2n) is 5.05. The van der Waals surface area contributed by atoms with Crippen LogP contribution in [0.25, 0.3) is 11.3 Å². The third kappa shape index (κ3) is 2.56. The predicted octanol–water partition coefficient (Wildman–Crippen LogP) is 0.0174. The number of rotatable bonds is 4. The highest BCUT2D eigenvalue weighted by Gasteiger charge is 2.30. The Kier molecular flexibility index (Phi) is 3.82. The first-order valence-corrected chi connectivity index (χ1v) is 6.94. The molecule has 114 valence electrons. The average Bonchev–Trinajstić information content (AvgIpc) is 2.94. The topological polar surface area (TPSA) is 123 Å². The van der Waals surface area contributed by atoms with Gasteiger partial charge in [-0.1, -0.05) is 17.3 Å². The number of nitrogens with two attached hydrogens (primary N) is 1. The molecular formula is C13H15BN4O4. The van der Waals surface area contributed by atoms with Crippen molar-refractivity contribution in [2.75, 3.05) is 6.54 Å². The molecule has 1 aromatic heterocycles. The summed E-state index contributed by atoms with van der Waals surface area (Å²) in [6, 6.07) is 3.49. The number of fused-ring (bicyclic) bond motifs is 1. The van der Waals surface area contributed by atoms with Crippen LogP contribution in [0.5, 0.6) is 5.75 Å². The molecule has 9 heteroatoms. The molecule has 0 bridgehead atoms. The lowest BCUT2D eigenvalue weighted by Crippen LogP contribution is -2.28. The molecule has 8 nitrogen and oxygen atoms in total. The molecule has 1 aliphatic rings. The SMILES string of the molecule is NCCn1cc(-c2ccc3c(c2C(=O)O)OB(O)CC3)nn1. The van der Waals surface area contributed by atoms with E-state index < -0.39 is 13.1 Å². The summed E-state index contributed by atoms with van der Waals surface area (Å²) in [5.41, 5.74) is 7.06. The number of hydrogen-bond donors (Lipinski definition) is 3. The lowest BCUT2D eigenvalue weighted by Gasteiger charge is -2.22. The molecule has 4 N–H and O–H groups in total. The van der Waals surface area contributed by atoms with E-state index in [1.165, 1.54) is 0 Å². The fraction of sp³-hybridized carbons (Fsp3) is 0.308. The van der Waals surface area contributed by atoms with Gasteiger partial charge in [-0.3, -0.25) is 4.68 Å². The minimum absolute atomic E-state index is 0.00366. The Hall–Kier alpha value is -2.39. The molecule has 1 aromatic carbocycles. The smallest absolute Gasteiger partial charge is 0.522 e. The molecule has 0 saturated heterocycles. The minimum Gasteiger partial charge on any atom is -0.535 e. The molecule has 0 atom stereocenters. The number of aromatic carboxylic acids is 1. The monoisotopic (exact) mass is 302 g/mol. The van der Waals surface area contributed by atoms with Crippen molar-refractivity contribution in [2.24, 2.45) is 5.73 Å². The summed E-state index contributed by atoms with van der Waals surface area (Å²) in [6.45, 7) is 0.906. The van der Waals surface area contributed by atoms with Crippen molar-refractivity contribution in [1.29, 1.82) is 0 Å². The van der Waals surface area contributed by atoms with Crippen molar-refractivity contribution in [3.63, 3.8) is 0 Å². The summed E-state index contributed by atoms with van der Waals surface area (Å²) in [5.74, 6) is -0.925. The lowest BCUT2D eigenvalue weighted by molar-refractivity contribution is 0.0695. The molecule has 0 fully saturated rings. The summed E-state index contributed by atoms with van der Waals surface area (Å²) in [7, 11) is -0.992. The van der Waals surface area contributed by atoms with E-state index in [2.05, 4.69) is 10.3 Å². The van der Waals surface area contributed by atoms with Gasteiger partial charge in [0.1, 0.15) is 17.0 Å². The maximum Gasteiger partial charge on any atom is 0.522 e. The van der Waals surface area contributed by atoms with Crippen LogP contribution in [0, 0.1) is 0 Å². The van der Waals surface area contributed by atoms with Gasteiger partial charge in [0.15, 0.2) is 0 Å². The molecule has 0 spiro atoms. The van der Waals surface area contributed by atoms with Gasteiger partial charge in [-0.2, -0.15) is 0 Å². The van der Waals surface area contributed by atoms with Crippen molar-refractivity contribution in [2.45, 2.75) is 19.3 Å². The summed E-state index contributed by atoms with van der Waals surface area (Å²) in [5, 5.41) is 27.1. The zero-order chi connectivity index (χ0) is 15.7. The highest BCUT2D eigenvalue weighted by atomic mass is 16.5. The molecule has 0 aliphatic carbocycles. The van der Waals surface area contributed by atoms with Crippen molar-refractivity contribution >= 4 is 13.1 Å². The molecule has 2 aromatic rings. The number of carboxylic acid groups (broad SMARTS) is 1. The second-order valence-corrected chi connectivity index (χ2v) is 5.05. The van der Waals surface area contributed by atoms with Crippen LogP contribution in [-0.4, -0.2) is 44.8 Å². The van der Waals surface area contributed by atoms with Crippen LogP contribution in [-0.2, 0) is 13.0 Å². The second kappa shape index (κ2) is 5.78. The summed E-state index contributed by atoms with van der Waals surface area (Å²) >= 11 is 0. The van der Waals surface area contributed by atoms with Crippen LogP contribution >= 0.6 is 0 Å². The van der Waals surface area contributed by atoms with Crippen molar-refractivity contribution < 1.29 is 19.6 Å². The van der Waals surface area contributed by atoms with Crippen molar-refractivity contribution in [1.82, 2.24) is 15.0 Å². The number of carboxylic acids is 1. The Bertz CT molecular complexity index is 718. The van der Waals surface area contributed by atoms with Gasteiger partial charge in [-0.15, -0.1) is 5.10 Å². The van der Waals surface area contributed by atoms with Crippen LogP contribution < -0.4 is 10.4 Å². The van der Waals surface area contributed by atoms with Crippen molar-refractivity contribution in [3.8, 4) is 17.0 Å². The minimum atomic E-state index is -1.13. The van der Waals surface area contributed by atoms with E-state index in [4.69, 9.17) is 10.4 Å². The molecule has 0 radical (unpaired) electrons. The van der Waals surface area contributed by atoms with Gasteiger partial charge in [-0.05, 0) is 18.3 Å². The Balaban J connectivity index is 2.10. The van der Waals surface area contributed by atoms with Crippen LogP contribution in [0.1, 0.15) is 15.9 Å².